The van der Waals surface area contributed by atoms with E-state index >= 15 is 0 Å². The molecule has 1 N–H and O–H groups in total. The highest BCUT2D eigenvalue weighted by atomic mass is 16.1. The Labute approximate surface area is 81.4 Å². The summed E-state index contributed by atoms with van der Waals surface area (Å²) in [7, 11) is 0. The van der Waals surface area contributed by atoms with E-state index in [2.05, 4.69) is 12.2 Å². The highest BCUT2D eigenvalue weighted by Crippen LogP contribution is 1.98. The van der Waals surface area contributed by atoms with Crippen LogP contribution in [0.2, 0.25) is 0 Å². The maximum atomic E-state index is 10.7. The Kier molecular flexibility index (Phi) is 7.36. The Balaban J connectivity index is 3.37. The first kappa shape index (κ1) is 12.2. The fourth-order valence-electron chi connectivity index (χ4n) is 1.19. The van der Waals surface area contributed by atoms with E-state index in [9.17, 15) is 4.79 Å². The molecule has 0 atom stereocenters. The third-order valence-electron chi connectivity index (χ3n) is 1.85. The first-order valence-electron chi connectivity index (χ1n) is 5.09. The minimum absolute atomic E-state index is 0.110. The molecule has 2 heteroatoms. The highest BCUT2D eigenvalue weighted by Gasteiger charge is 1.91. The van der Waals surface area contributed by atoms with E-state index in [0.29, 0.717) is 0 Å². The predicted molar refractivity (Wildman–Crippen MR) is 56.6 cm³/mol. The van der Waals surface area contributed by atoms with Gasteiger partial charge in [-0.25, -0.2) is 0 Å². The van der Waals surface area contributed by atoms with Crippen LogP contribution < -0.4 is 5.32 Å². The molecule has 0 aromatic heterocycles. The number of carbonyl (C=O) groups is 1. The fraction of sp³-hybridized carbons (Fsp3) is 0.727. The molecule has 13 heavy (non-hydrogen) atoms. The standard InChI is InChI=1S/C11H21NO/c1-4-5-6-7-8-12-10(2)9-11(3)13/h9,12H,4-8H2,1-3H3/b10-9+. The summed E-state index contributed by atoms with van der Waals surface area (Å²) in [6.45, 7) is 6.69. The smallest absolute Gasteiger partial charge is 0.154 e. The van der Waals surface area contributed by atoms with Gasteiger partial charge in [-0.05, 0) is 26.3 Å². The van der Waals surface area contributed by atoms with Crippen LogP contribution in [0, 0.1) is 0 Å². The quantitative estimate of drug-likeness (QED) is 0.485. The maximum absolute atomic E-state index is 10.7. The molecule has 0 aliphatic rings. The molecule has 0 radical (unpaired) electrons. The van der Waals surface area contributed by atoms with Crippen molar-refractivity contribution in [2.45, 2.75) is 46.5 Å². The zero-order valence-corrected chi connectivity index (χ0v) is 9.02. The molecule has 0 saturated carbocycles. The maximum Gasteiger partial charge on any atom is 0.154 e. The van der Waals surface area contributed by atoms with Crippen molar-refractivity contribution in [2.75, 3.05) is 6.54 Å². The van der Waals surface area contributed by atoms with Gasteiger partial charge in [-0.2, -0.15) is 0 Å². The Morgan fingerprint density at radius 1 is 1.23 bits per heavy atom. The Bertz CT molecular complexity index is 173. The van der Waals surface area contributed by atoms with Gasteiger partial charge in [0.1, 0.15) is 0 Å². The average Bonchev–Trinajstić information content (AvgIpc) is 2.02. The SMILES string of the molecule is CCCCCCN/C(C)=C/C(C)=O. The first-order valence-corrected chi connectivity index (χ1v) is 5.09. The van der Waals surface area contributed by atoms with Gasteiger partial charge < -0.3 is 5.32 Å². The Hall–Kier alpha value is -0.790. The van der Waals surface area contributed by atoms with E-state index in [1.807, 2.05) is 6.92 Å². The van der Waals surface area contributed by atoms with Crippen LogP contribution in [0.1, 0.15) is 46.5 Å². The number of carbonyl (C=O) groups excluding carboxylic acids is 1. The van der Waals surface area contributed by atoms with E-state index in [1.165, 1.54) is 25.7 Å². The monoisotopic (exact) mass is 183 g/mol. The molecule has 0 bridgehead atoms. The van der Waals surface area contributed by atoms with Gasteiger partial charge >= 0.3 is 0 Å². The van der Waals surface area contributed by atoms with E-state index < -0.39 is 0 Å². The van der Waals surface area contributed by atoms with Gasteiger partial charge in [0.25, 0.3) is 0 Å². The summed E-state index contributed by atoms with van der Waals surface area (Å²) in [6.07, 6.45) is 6.67. The van der Waals surface area contributed by atoms with E-state index in [0.717, 1.165) is 12.2 Å². The van der Waals surface area contributed by atoms with Crippen molar-refractivity contribution >= 4 is 5.78 Å². The van der Waals surface area contributed by atoms with Crippen LogP contribution in [-0.2, 0) is 4.79 Å². The topological polar surface area (TPSA) is 29.1 Å². The number of ketones is 1. The number of nitrogens with one attached hydrogen (secondary N) is 1. The second kappa shape index (κ2) is 7.84. The Morgan fingerprint density at radius 3 is 2.46 bits per heavy atom. The first-order chi connectivity index (χ1) is 6.16. The van der Waals surface area contributed by atoms with Crippen LogP contribution in [0.25, 0.3) is 0 Å². The molecule has 0 amide bonds. The van der Waals surface area contributed by atoms with E-state index in [4.69, 9.17) is 0 Å². The molecule has 0 spiro atoms. The second-order valence-corrected chi connectivity index (χ2v) is 3.43. The summed E-state index contributed by atoms with van der Waals surface area (Å²) < 4.78 is 0. The van der Waals surface area contributed by atoms with E-state index in [-0.39, 0.29) is 5.78 Å². The molecule has 0 heterocycles. The fourth-order valence-corrected chi connectivity index (χ4v) is 1.19. The molecule has 2 nitrogen and oxygen atoms in total. The van der Waals surface area contributed by atoms with Gasteiger partial charge in [-0.1, -0.05) is 26.2 Å². The lowest BCUT2D eigenvalue weighted by Gasteiger charge is -2.04. The van der Waals surface area contributed by atoms with Crippen molar-refractivity contribution in [3.05, 3.63) is 11.8 Å². The van der Waals surface area contributed by atoms with Crippen molar-refractivity contribution in [1.29, 1.82) is 0 Å². The predicted octanol–water partition coefficient (Wildman–Crippen LogP) is 2.65. The van der Waals surface area contributed by atoms with Crippen molar-refractivity contribution in [3.63, 3.8) is 0 Å². The molecule has 0 aromatic rings. The van der Waals surface area contributed by atoms with Gasteiger partial charge in [-0.3, -0.25) is 4.79 Å². The van der Waals surface area contributed by atoms with Crippen LogP contribution in [0.5, 0.6) is 0 Å². The molecule has 0 rings (SSSR count). The van der Waals surface area contributed by atoms with Gasteiger partial charge in [0.2, 0.25) is 0 Å². The summed E-state index contributed by atoms with van der Waals surface area (Å²) in [5.41, 5.74) is 0.976. The van der Waals surface area contributed by atoms with Crippen molar-refractivity contribution in [1.82, 2.24) is 5.32 Å². The molecule has 0 saturated heterocycles. The normalized spacial score (nSPS) is 11.5. The van der Waals surface area contributed by atoms with Gasteiger partial charge in [0.05, 0.1) is 0 Å². The zero-order chi connectivity index (χ0) is 10.1. The van der Waals surface area contributed by atoms with Crippen molar-refractivity contribution in [3.8, 4) is 0 Å². The molecule has 76 valence electrons. The van der Waals surface area contributed by atoms with Crippen LogP contribution >= 0.6 is 0 Å². The van der Waals surface area contributed by atoms with Crippen molar-refractivity contribution in [2.24, 2.45) is 0 Å². The summed E-state index contributed by atoms with van der Waals surface area (Å²) >= 11 is 0. The lowest BCUT2D eigenvalue weighted by atomic mass is 10.2. The minimum Gasteiger partial charge on any atom is -0.388 e. The number of unbranched alkanes of at least 4 members (excludes halogenated alkanes) is 3. The molecular weight excluding hydrogens is 162 g/mol. The molecular formula is C11H21NO. The number of rotatable bonds is 7. The summed E-state index contributed by atoms with van der Waals surface area (Å²) in [5.74, 6) is 0.110. The van der Waals surface area contributed by atoms with Crippen LogP contribution in [0.15, 0.2) is 11.8 Å². The van der Waals surface area contributed by atoms with Gasteiger partial charge in [0.15, 0.2) is 5.78 Å². The van der Waals surface area contributed by atoms with Crippen LogP contribution in [0.3, 0.4) is 0 Å². The third kappa shape index (κ3) is 9.12. The van der Waals surface area contributed by atoms with Crippen LogP contribution in [-0.4, -0.2) is 12.3 Å². The summed E-state index contributed by atoms with van der Waals surface area (Å²) in [4.78, 5) is 10.7. The largest absolute Gasteiger partial charge is 0.388 e. The number of hydrogen-bond acceptors (Lipinski definition) is 2. The zero-order valence-electron chi connectivity index (χ0n) is 9.02. The highest BCUT2D eigenvalue weighted by molar-refractivity contribution is 5.87. The summed E-state index contributed by atoms with van der Waals surface area (Å²) in [6, 6.07) is 0. The van der Waals surface area contributed by atoms with Gasteiger partial charge in [0, 0.05) is 12.2 Å². The lowest BCUT2D eigenvalue weighted by molar-refractivity contribution is -0.112. The summed E-state index contributed by atoms with van der Waals surface area (Å²) in [5, 5.41) is 3.21. The molecule has 0 aromatic carbocycles. The van der Waals surface area contributed by atoms with E-state index in [1.54, 1.807) is 13.0 Å². The lowest BCUT2D eigenvalue weighted by Crippen LogP contribution is -2.13. The van der Waals surface area contributed by atoms with Crippen molar-refractivity contribution < 1.29 is 4.79 Å². The molecule has 0 fully saturated rings. The molecule has 0 aliphatic heterocycles. The number of hydrogen-bond donors (Lipinski definition) is 1. The molecule has 0 aliphatic carbocycles. The minimum atomic E-state index is 0.110. The van der Waals surface area contributed by atoms with Gasteiger partial charge in [-0.15, -0.1) is 0 Å². The number of allylic oxidation sites excluding steroid dienone is 2. The Morgan fingerprint density at radius 2 is 1.92 bits per heavy atom. The third-order valence-corrected chi connectivity index (χ3v) is 1.85. The second-order valence-electron chi connectivity index (χ2n) is 3.43. The van der Waals surface area contributed by atoms with Crippen LogP contribution in [0.4, 0.5) is 0 Å². The molecule has 0 unspecified atom stereocenters. The average molecular weight is 183 g/mol.